The first kappa shape index (κ1) is 13.7. The fraction of sp³-hybridized carbons (Fsp3) is 0.625. The number of nitrogens with one attached hydrogen (secondary N) is 1. The predicted octanol–water partition coefficient (Wildman–Crippen LogP) is 5.36. The third-order valence-electron chi connectivity index (χ3n) is 4.09. The van der Waals surface area contributed by atoms with Crippen molar-refractivity contribution in [1.29, 1.82) is 0 Å². The van der Waals surface area contributed by atoms with Crippen molar-refractivity contribution in [2.45, 2.75) is 52.5 Å². The first-order valence-corrected chi connectivity index (χ1v) is 7.37. The van der Waals surface area contributed by atoms with E-state index < -0.39 is 0 Å². The molecule has 1 aliphatic rings. The highest BCUT2D eigenvalue weighted by atomic mass is 35.5. The molecule has 0 aliphatic heterocycles. The van der Waals surface area contributed by atoms with Gasteiger partial charge >= 0.3 is 0 Å². The average molecular weight is 266 g/mol. The van der Waals surface area contributed by atoms with Crippen LogP contribution in [-0.2, 0) is 0 Å². The third kappa shape index (κ3) is 3.20. The Morgan fingerprint density at radius 2 is 1.78 bits per heavy atom. The zero-order valence-corrected chi connectivity index (χ0v) is 12.4. The molecule has 1 nitrogen and oxygen atoms in total. The minimum atomic E-state index is 0.360. The van der Waals surface area contributed by atoms with Gasteiger partial charge < -0.3 is 5.32 Å². The van der Waals surface area contributed by atoms with Crippen molar-refractivity contribution in [3.05, 3.63) is 29.3 Å². The number of para-hydroxylation sites is 1. The molecule has 1 fully saturated rings. The van der Waals surface area contributed by atoms with Crippen LogP contribution in [0, 0.1) is 11.3 Å². The molecule has 2 atom stereocenters. The molecule has 0 aromatic heterocycles. The summed E-state index contributed by atoms with van der Waals surface area (Å²) in [6.45, 7) is 7.05. The molecule has 18 heavy (non-hydrogen) atoms. The summed E-state index contributed by atoms with van der Waals surface area (Å²) in [6, 6.07) is 8.62. The van der Waals surface area contributed by atoms with Gasteiger partial charge in [0, 0.05) is 6.04 Å². The molecule has 0 heterocycles. The highest BCUT2D eigenvalue weighted by Crippen LogP contribution is 2.39. The first-order chi connectivity index (χ1) is 8.48. The van der Waals surface area contributed by atoms with Crippen molar-refractivity contribution in [1.82, 2.24) is 0 Å². The van der Waals surface area contributed by atoms with Crippen molar-refractivity contribution in [3.63, 3.8) is 0 Å². The van der Waals surface area contributed by atoms with Crippen molar-refractivity contribution in [2.75, 3.05) is 5.32 Å². The lowest BCUT2D eigenvalue weighted by molar-refractivity contribution is 0.163. The van der Waals surface area contributed by atoms with Gasteiger partial charge in [0.1, 0.15) is 0 Å². The van der Waals surface area contributed by atoms with Crippen molar-refractivity contribution in [2.24, 2.45) is 11.3 Å². The molecule has 2 rings (SSSR count). The van der Waals surface area contributed by atoms with Crippen LogP contribution in [0.4, 0.5) is 5.69 Å². The Kier molecular flexibility index (Phi) is 4.21. The molecule has 1 N–H and O–H groups in total. The second kappa shape index (κ2) is 5.52. The van der Waals surface area contributed by atoms with E-state index in [1.165, 1.54) is 25.7 Å². The van der Waals surface area contributed by atoms with E-state index in [1.54, 1.807) is 0 Å². The summed E-state index contributed by atoms with van der Waals surface area (Å²) >= 11 is 6.24. The molecule has 0 amide bonds. The molecule has 2 heteroatoms. The summed E-state index contributed by atoms with van der Waals surface area (Å²) < 4.78 is 0. The second-order valence-electron chi connectivity index (χ2n) is 6.49. The van der Waals surface area contributed by atoms with Gasteiger partial charge in [0.2, 0.25) is 0 Å². The highest BCUT2D eigenvalue weighted by Gasteiger charge is 2.34. The minimum Gasteiger partial charge on any atom is -0.381 e. The number of hydrogen-bond donors (Lipinski definition) is 1. The topological polar surface area (TPSA) is 12.0 Å². The average Bonchev–Trinajstić information content (AvgIpc) is 2.31. The lowest BCUT2D eigenvalue weighted by Crippen LogP contribution is -2.39. The fourth-order valence-electron chi connectivity index (χ4n) is 3.12. The van der Waals surface area contributed by atoms with Gasteiger partial charge in [-0.3, -0.25) is 0 Å². The minimum absolute atomic E-state index is 0.360. The van der Waals surface area contributed by atoms with E-state index in [1.807, 2.05) is 18.2 Å². The van der Waals surface area contributed by atoms with E-state index in [0.717, 1.165) is 16.6 Å². The van der Waals surface area contributed by atoms with Crippen LogP contribution < -0.4 is 5.32 Å². The van der Waals surface area contributed by atoms with Crippen LogP contribution in [-0.4, -0.2) is 6.04 Å². The van der Waals surface area contributed by atoms with Gasteiger partial charge in [0.15, 0.2) is 0 Å². The fourth-order valence-corrected chi connectivity index (χ4v) is 3.31. The van der Waals surface area contributed by atoms with Crippen molar-refractivity contribution >= 4 is 17.3 Å². The summed E-state index contributed by atoms with van der Waals surface area (Å²) in [5.41, 5.74) is 1.44. The summed E-state index contributed by atoms with van der Waals surface area (Å²) in [4.78, 5) is 0. The second-order valence-corrected chi connectivity index (χ2v) is 6.89. The summed E-state index contributed by atoms with van der Waals surface area (Å²) in [7, 11) is 0. The lowest BCUT2D eigenvalue weighted by atomic mass is 9.69. The van der Waals surface area contributed by atoms with E-state index >= 15 is 0 Å². The molecule has 1 aromatic rings. The maximum Gasteiger partial charge on any atom is 0.0637 e. The molecule has 100 valence electrons. The van der Waals surface area contributed by atoms with Crippen molar-refractivity contribution < 1.29 is 0 Å². The quantitative estimate of drug-likeness (QED) is 0.759. The highest BCUT2D eigenvalue weighted by molar-refractivity contribution is 6.33. The number of hydrogen-bond acceptors (Lipinski definition) is 1. The van der Waals surface area contributed by atoms with Crippen LogP contribution >= 0.6 is 11.6 Å². The smallest absolute Gasteiger partial charge is 0.0637 e. The molecule has 1 aliphatic carbocycles. The normalized spacial score (nSPS) is 24.9. The number of anilines is 1. The molecular formula is C16H24ClN. The van der Waals surface area contributed by atoms with Crippen LogP contribution in [0.25, 0.3) is 0 Å². The van der Waals surface area contributed by atoms with Gasteiger partial charge in [0.25, 0.3) is 0 Å². The maximum absolute atomic E-state index is 6.24. The molecular weight excluding hydrogens is 242 g/mol. The van der Waals surface area contributed by atoms with Gasteiger partial charge in [-0.1, -0.05) is 57.3 Å². The Bertz CT molecular complexity index is 394. The van der Waals surface area contributed by atoms with E-state index in [4.69, 9.17) is 11.6 Å². The van der Waals surface area contributed by atoms with Gasteiger partial charge in [0.05, 0.1) is 10.7 Å². The number of rotatable bonds is 2. The standard InChI is InChI=1S/C16H24ClN/c1-16(2,3)12-8-4-6-10-14(12)18-15-11-7-5-9-13(15)17/h5,7,9,11-12,14,18H,4,6,8,10H2,1-3H3. The number of halogens is 1. The molecule has 0 bridgehead atoms. The summed E-state index contributed by atoms with van der Waals surface area (Å²) in [6.07, 6.45) is 5.27. The van der Waals surface area contributed by atoms with Crippen molar-refractivity contribution in [3.8, 4) is 0 Å². The van der Waals surface area contributed by atoms with Gasteiger partial charge in [-0.2, -0.15) is 0 Å². The van der Waals surface area contributed by atoms with E-state index in [2.05, 4.69) is 32.2 Å². The van der Waals surface area contributed by atoms with Crippen LogP contribution in [0.3, 0.4) is 0 Å². The van der Waals surface area contributed by atoms with Crippen LogP contribution in [0.5, 0.6) is 0 Å². The first-order valence-electron chi connectivity index (χ1n) is 6.99. The third-order valence-corrected chi connectivity index (χ3v) is 4.42. The Morgan fingerprint density at radius 1 is 1.11 bits per heavy atom. The van der Waals surface area contributed by atoms with Crippen LogP contribution in [0.1, 0.15) is 46.5 Å². The van der Waals surface area contributed by atoms with Gasteiger partial charge in [-0.05, 0) is 36.3 Å². The zero-order valence-electron chi connectivity index (χ0n) is 11.7. The molecule has 0 spiro atoms. The predicted molar refractivity (Wildman–Crippen MR) is 80.3 cm³/mol. The Morgan fingerprint density at radius 3 is 2.44 bits per heavy atom. The largest absolute Gasteiger partial charge is 0.381 e. The van der Waals surface area contributed by atoms with E-state index in [9.17, 15) is 0 Å². The van der Waals surface area contributed by atoms with Gasteiger partial charge in [-0.25, -0.2) is 0 Å². The van der Waals surface area contributed by atoms with E-state index in [0.29, 0.717) is 11.5 Å². The summed E-state index contributed by atoms with van der Waals surface area (Å²) in [5, 5.41) is 4.50. The summed E-state index contributed by atoms with van der Waals surface area (Å²) in [5.74, 6) is 0.725. The molecule has 2 unspecified atom stereocenters. The van der Waals surface area contributed by atoms with E-state index in [-0.39, 0.29) is 0 Å². The molecule has 1 saturated carbocycles. The van der Waals surface area contributed by atoms with Gasteiger partial charge in [-0.15, -0.1) is 0 Å². The molecule has 0 radical (unpaired) electrons. The van der Waals surface area contributed by atoms with Crippen LogP contribution in [0.2, 0.25) is 5.02 Å². The zero-order chi connectivity index (χ0) is 13.2. The lowest BCUT2D eigenvalue weighted by Gasteiger charge is -2.41. The molecule has 1 aromatic carbocycles. The Hall–Kier alpha value is -0.690. The molecule has 0 saturated heterocycles. The van der Waals surface area contributed by atoms with Crippen LogP contribution in [0.15, 0.2) is 24.3 Å². The number of benzene rings is 1. The Balaban J connectivity index is 2.13. The maximum atomic E-state index is 6.24. The monoisotopic (exact) mass is 265 g/mol. The Labute approximate surface area is 116 Å². The SMILES string of the molecule is CC(C)(C)C1CCCCC1Nc1ccccc1Cl.